The molecule has 2 heterocycles. The van der Waals surface area contributed by atoms with E-state index < -0.39 is 0 Å². The van der Waals surface area contributed by atoms with E-state index in [0.29, 0.717) is 16.8 Å². The maximum atomic E-state index is 12.0. The highest BCUT2D eigenvalue weighted by molar-refractivity contribution is 6.15. The molecule has 0 aliphatic rings. The maximum absolute atomic E-state index is 12.0. The van der Waals surface area contributed by atoms with Crippen molar-refractivity contribution < 1.29 is 0 Å². The summed E-state index contributed by atoms with van der Waals surface area (Å²) in [6.07, 6.45) is 1.47. The molecule has 5 heteroatoms. The van der Waals surface area contributed by atoms with E-state index in [9.17, 15) is 4.79 Å². The third kappa shape index (κ3) is 1.98. The van der Waals surface area contributed by atoms with Crippen LogP contribution >= 0.6 is 11.6 Å². The van der Waals surface area contributed by atoms with Gasteiger partial charge in [0.15, 0.2) is 0 Å². The molecule has 1 aromatic carbocycles. The van der Waals surface area contributed by atoms with Crippen molar-refractivity contribution in [2.45, 2.75) is 6.92 Å². The molecule has 0 fully saturated rings. The Morgan fingerprint density at radius 1 is 1.32 bits per heavy atom. The van der Waals surface area contributed by atoms with Gasteiger partial charge in [-0.1, -0.05) is 12.1 Å². The third-order valence-electron chi connectivity index (χ3n) is 2.92. The average molecular weight is 274 g/mol. The summed E-state index contributed by atoms with van der Waals surface area (Å²) in [7, 11) is 0. The highest BCUT2D eigenvalue weighted by Gasteiger charge is 2.11. The van der Waals surface area contributed by atoms with Gasteiger partial charge in [0.25, 0.3) is 5.56 Å². The number of nitrogens with one attached hydrogen (secondary N) is 1. The summed E-state index contributed by atoms with van der Waals surface area (Å²) in [6, 6.07) is 11.1. The molecule has 0 aliphatic carbocycles. The fraction of sp³-hybridized carbons (Fsp3) is 0.143. The van der Waals surface area contributed by atoms with Gasteiger partial charge in [-0.2, -0.15) is 5.26 Å². The van der Waals surface area contributed by atoms with Gasteiger partial charge in [0.05, 0.1) is 16.6 Å². The summed E-state index contributed by atoms with van der Waals surface area (Å²) >= 11 is 4.64. The molecule has 0 atom stereocenters. The van der Waals surface area contributed by atoms with Crippen LogP contribution in [0.1, 0.15) is 11.1 Å². The van der Waals surface area contributed by atoms with Crippen LogP contribution in [0.5, 0.6) is 0 Å². The number of imidazole rings is 1. The predicted octanol–water partition coefficient (Wildman–Crippen LogP) is 2.82. The van der Waals surface area contributed by atoms with Gasteiger partial charge in [-0.3, -0.25) is 9.20 Å². The van der Waals surface area contributed by atoms with Crippen LogP contribution in [0.3, 0.4) is 0 Å². The number of hydrogen-bond acceptors (Lipinski definition) is 2. The Hall–Kier alpha value is -2.25. The zero-order chi connectivity index (χ0) is 14.0. The molecule has 0 bridgehead atoms. The molecule has 2 aromatic heterocycles. The number of nitriles is 1. The van der Waals surface area contributed by atoms with E-state index in [1.54, 1.807) is 11.3 Å². The Kier molecular flexibility index (Phi) is 3.59. The van der Waals surface area contributed by atoms with E-state index in [2.05, 4.69) is 22.7 Å². The van der Waals surface area contributed by atoms with Crippen molar-refractivity contribution in [1.82, 2.24) is 9.38 Å². The van der Waals surface area contributed by atoms with Crippen molar-refractivity contribution in [3.05, 3.63) is 51.8 Å². The quantitative estimate of drug-likeness (QED) is 0.640. The van der Waals surface area contributed by atoms with E-state index in [1.807, 2.05) is 24.3 Å². The molecule has 1 N–H and O–H groups in total. The number of hydrogen-bond donors (Lipinski definition) is 1. The average Bonchev–Trinajstić information content (AvgIpc) is 2.80. The summed E-state index contributed by atoms with van der Waals surface area (Å²) in [4.78, 5) is 15.1. The number of para-hydroxylation sites is 2. The monoisotopic (exact) mass is 273 g/mol. The number of nitrogens with zero attached hydrogens (tertiary/aromatic N) is 2. The SMILES string of the molecule is CCl.Cc1cc(=O)n2c([nH]c3ccccc32)c1C#N. The van der Waals surface area contributed by atoms with Gasteiger partial charge in [-0.05, 0) is 24.6 Å². The van der Waals surface area contributed by atoms with Crippen molar-refractivity contribution in [1.29, 1.82) is 5.26 Å². The lowest BCUT2D eigenvalue weighted by Gasteiger charge is -1.99. The third-order valence-corrected chi connectivity index (χ3v) is 2.92. The van der Waals surface area contributed by atoms with Crippen LogP contribution in [-0.4, -0.2) is 15.8 Å². The van der Waals surface area contributed by atoms with Crippen LogP contribution < -0.4 is 5.56 Å². The maximum Gasteiger partial charge on any atom is 0.257 e. The number of halogens is 1. The summed E-state index contributed by atoms with van der Waals surface area (Å²) in [5.41, 5.74) is 3.31. The molecule has 19 heavy (non-hydrogen) atoms. The first kappa shape index (κ1) is 13.2. The van der Waals surface area contributed by atoms with Gasteiger partial charge in [0.2, 0.25) is 0 Å². The standard InChI is InChI=1S/C13H9N3O.CH3Cl/c1-8-6-12(17)16-11-5-3-2-4-10(11)15-13(16)9(8)7-14;1-2/h2-6,15H,1H3;1H3. The Morgan fingerprint density at radius 2 is 2.00 bits per heavy atom. The highest BCUT2D eigenvalue weighted by atomic mass is 35.5. The van der Waals surface area contributed by atoms with Crippen LogP contribution in [0, 0.1) is 18.3 Å². The van der Waals surface area contributed by atoms with E-state index in [1.165, 1.54) is 12.4 Å². The number of aromatic amines is 1. The molecule has 0 aliphatic heterocycles. The summed E-state index contributed by atoms with van der Waals surface area (Å²) < 4.78 is 1.54. The van der Waals surface area contributed by atoms with E-state index in [0.717, 1.165) is 11.0 Å². The van der Waals surface area contributed by atoms with Gasteiger partial charge >= 0.3 is 0 Å². The van der Waals surface area contributed by atoms with Crippen molar-refractivity contribution in [3.63, 3.8) is 0 Å². The molecule has 96 valence electrons. The van der Waals surface area contributed by atoms with Crippen molar-refractivity contribution in [2.75, 3.05) is 6.38 Å². The molecule has 0 spiro atoms. The first-order chi connectivity index (χ1) is 9.22. The Morgan fingerprint density at radius 3 is 2.68 bits per heavy atom. The molecule has 4 nitrogen and oxygen atoms in total. The van der Waals surface area contributed by atoms with Crippen LogP contribution in [-0.2, 0) is 0 Å². The first-order valence-electron chi connectivity index (χ1n) is 5.63. The normalized spacial score (nSPS) is 10.0. The molecule has 3 aromatic rings. The van der Waals surface area contributed by atoms with Gasteiger partial charge in [-0.15, -0.1) is 11.6 Å². The Balaban J connectivity index is 0.000000637. The number of rotatable bonds is 0. The zero-order valence-electron chi connectivity index (χ0n) is 10.6. The van der Waals surface area contributed by atoms with Crippen LogP contribution in [0.25, 0.3) is 16.7 Å². The molecular formula is C14H12ClN3O. The number of H-pyrrole nitrogens is 1. The smallest absolute Gasteiger partial charge is 0.257 e. The summed E-state index contributed by atoms with van der Waals surface area (Å²) in [5.74, 6) is 0. The molecule has 0 saturated heterocycles. The number of fused-ring (bicyclic) bond motifs is 3. The van der Waals surface area contributed by atoms with Crippen molar-refractivity contribution >= 4 is 28.3 Å². The fourth-order valence-electron chi connectivity index (χ4n) is 2.13. The molecule has 0 radical (unpaired) electrons. The van der Waals surface area contributed by atoms with Crippen LogP contribution in [0.2, 0.25) is 0 Å². The second-order valence-corrected chi connectivity index (χ2v) is 3.98. The fourth-order valence-corrected chi connectivity index (χ4v) is 2.13. The molecule has 0 amide bonds. The Bertz CT molecular complexity index is 839. The second-order valence-electron chi connectivity index (χ2n) is 3.98. The molecule has 3 rings (SSSR count). The van der Waals surface area contributed by atoms with Gasteiger partial charge < -0.3 is 4.98 Å². The van der Waals surface area contributed by atoms with Crippen LogP contribution in [0.4, 0.5) is 0 Å². The van der Waals surface area contributed by atoms with Crippen molar-refractivity contribution in [2.24, 2.45) is 0 Å². The lowest BCUT2D eigenvalue weighted by Crippen LogP contribution is -2.13. The molecule has 0 unspecified atom stereocenters. The number of aryl methyl sites for hydroxylation is 1. The summed E-state index contributed by atoms with van der Waals surface area (Å²) in [6.45, 7) is 1.77. The minimum absolute atomic E-state index is 0.117. The van der Waals surface area contributed by atoms with Gasteiger partial charge in [0.1, 0.15) is 11.7 Å². The molecule has 0 saturated carbocycles. The van der Waals surface area contributed by atoms with E-state index >= 15 is 0 Å². The number of alkyl halides is 1. The topological polar surface area (TPSA) is 61.1 Å². The van der Waals surface area contributed by atoms with Crippen LogP contribution in [0.15, 0.2) is 35.1 Å². The number of aromatic nitrogens is 2. The first-order valence-corrected chi connectivity index (χ1v) is 6.39. The van der Waals surface area contributed by atoms with Gasteiger partial charge in [-0.25, -0.2) is 0 Å². The predicted molar refractivity (Wildman–Crippen MR) is 76.8 cm³/mol. The highest BCUT2D eigenvalue weighted by Crippen LogP contribution is 2.18. The minimum atomic E-state index is -0.117. The number of benzene rings is 1. The largest absolute Gasteiger partial charge is 0.338 e. The Labute approximate surface area is 114 Å². The van der Waals surface area contributed by atoms with Crippen molar-refractivity contribution in [3.8, 4) is 6.07 Å². The van der Waals surface area contributed by atoms with E-state index in [4.69, 9.17) is 5.26 Å². The number of pyridine rings is 1. The zero-order valence-corrected chi connectivity index (χ0v) is 11.3. The molecular weight excluding hydrogens is 262 g/mol. The second kappa shape index (κ2) is 5.17. The van der Waals surface area contributed by atoms with Gasteiger partial charge in [0, 0.05) is 12.4 Å². The lowest BCUT2D eigenvalue weighted by molar-refractivity contribution is 1.12. The minimum Gasteiger partial charge on any atom is -0.338 e. The summed E-state index contributed by atoms with van der Waals surface area (Å²) in [5, 5.41) is 9.15. The lowest BCUT2D eigenvalue weighted by atomic mass is 10.2. The van der Waals surface area contributed by atoms with E-state index in [-0.39, 0.29) is 5.56 Å².